The normalized spacial score (nSPS) is 17.8. The lowest BCUT2D eigenvalue weighted by Gasteiger charge is -2.29. The van der Waals surface area contributed by atoms with Crippen molar-refractivity contribution in [3.63, 3.8) is 0 Å². The summed E-state index contributed by atoms with van der Waals surface area (Å²) in [5.41, 5.74) is 1.85. The van der Waals surface area contributed by atoms with Crippen LogP contribution in [0.1, 0.15) is 36.9 Å². The minimum Gasteiger partial charge on any atom is -0.477 e. The van der Waals surface area contributed by atoms with Crippen LogP contribution in [-0.4, -0.2) is 73.1 Å². The first kappa shape index (κ1) is 31.3. The highest BCUT2D eigenvalue weighted by Crippen LogP contribution is 2.28. The molecular weight excluding hydrogens is 540 g/mol. The molecular formula is C23H25F6N5O5. The number of hydrogen-bond acceptors (Lipinski definition) is 7. The molecule has 1 unspecified atom stereocenters. The number of carbonyl (C=O) groups is 2. The Bertz CT molecular complexity index is 1100. The number of rotatable bonds is 4. The van der Waals surface area contributed by atoms with Crippen LogP contribution in [0.2, 0.25) is 0 Å². The Morgan fingerprint density at radius 3 is 2.10 bits per heavy atom. The molecule has 1 saturated carbocycles. The standard InChI is InChI=1S/C19H23N5O.2C2HF3O2/c20-7-15-5-6-19(22-8-15)25-13-16-10-23(17-3-1-2-4-17)12-18-9-21-14-24(18)11-16;2*3-2(4,5)1(6)7/h5-6,8-9,14,16-17H,1-4,10-13H2;2*(H,6,7). The van der Waals surface area contributed by atoms with E-state index in [-0.39, 0.29) is 0 Å². The zero-order valence-electron chi connectivity index (χ0n) is 20.3. The Balaban J connectivity index is 0.000000317. The summed E-state index contributed by atoms with van der Waals surface area (Å²) in [6.07, 6.45) is 0.611. The number of nitriles is 1. The van der Waals surface area contributed by atoms with Crippen molar-refractivity contribution in [2.24, 2.45) is 5.92 Å². The Hall–Kier alpha value is -3.87. The summed E-state index contributed by atoms with van der Waals surface area (Å²) in [5, 5.41) is 23.1. The highest BCUT2D eigenvalue weighted by molar-refractivity contribution is 5.73. The first-order valence-electron chi connectivity index (χ1n) is 11.5. The second-order valence-electron chi connectivity index (χ2n) is 8.68. The average Bonchev–Trinajstić information content (AvgIpc) is 3.52. The van der Waals surface area contributed by atoms with Gasteiger partial charge in [0.1, 0.15) is 6.07 Å². The smallest absolute Gasteiger partial charge is 0.477 e. The quantitative estimate of drug-likeness (QED) is 0.529. The van der Waals surface area contributed by atoms with Gasteiger partial charge in [0.05, 0.1) is 24.2 Å². The van der Waals surface area contributed by atoms with Gasteiger partial charge in [-0.3, -0.25) is 4.90 Å². The highest BCUT2D eigenvalue weighted by Gasteiger charge is 2.39. The summed E-state index contributed by atoms with van der Waals surface area (Å²) in [6.45, 7) is 3.58. The van der Waals surface area contributed by atoms with Crippen LogP contribution in [0.4, 0.5) is 26.3 Å². The molecule has 3 heterocycles. The largest absolute Gasteiger partial charge is 0.490 e. The Morgan fingerprint density at radius 2 is 1.62 bits per heavy atom. The second kappa shape index (κ2) is 13.8. The van der Waals surface area contributed by atoms with E-state index in [0.29, 0.717) is 30.0 Å². The summed E-state index contributed by atoms with van der Waals surface area (Å²) < 4.78 is 71.7. The average molecular weight is 565 g/mol. The topological polar surface area (TPSA) is 142 Å². The summed E-state index contributed by atoms with van der Waals surface area (Å²) >= 11 is 0. The van der Waals surface area contributed by atoms with E-state index in [1.165, 1.54) is 31.4 Å². The van der Waals surface area contributed by atoms with Crippen LogP contribution in [0.25, 0.3) is 0 Å². The van der Waals surface area contributed by atoms with E-state index in [1.807, 2.05) is 12.5 Å². The molecule has 10 nitrogen and oxygen atoms in total. The minimum absolute atomic E-state index is 0.397. The van der Waals surface area contributed by atoms with Crippen molar-refractivity contribution in [2.45, 2.75) is 57.2 Å². The maximum Gasteiger partial charge on any atom is 0.490 e. The van der Waals surface area contributed by atoms with Gasteiger partial charge >= 0.3 is 24.3 Å². The monoisotopic (exact) mass is 565 g/mol. The van der Waals surface area contributed by atoms with E-state index in [0.717, 1.165) is 19.6 Å². The number of imidazole rings is 1. The van der Waals surface area contributed by atoms with Crippen LogP contribution in [0.3, 0.4) is 0 Å². The summed E-state index contributed by atoms with van der Waals surface area (Å²) in [5.74, 6) is -4.53. The molecule has 2 N–H and O–H groups in total. The van der Waals surface area contributed by atoms with Gasteiger partial charge in [0, 0.05) is 50.1 Å². The highest BCUT2D eigenvalue weighted by atomic mass is 19.4. The van der Waals surface area contributed by atoms with Gasteiger partial charge in [0.25, 0.3) is 0 Å². The van der Waals surface area contributed by atoms with Gasteiger partial charge in [-0.05, 0) is 18.9 Å². The van der Waals surface area contributed by atoms with Crippen molar-refractivity contribution in [3.8, 4) is 11.9 Å². The van der Waals surface area contributed by atoms with E-state index < -0.39 is 24.3 Å². The third kappa shape index (κ3) is 10.4. The molecule has 1 atom stereocenters. The van der Waals surface area contributed by atoms with Crippen LogP contribution in [-0.2, 0) is 22.7 Å². The molecule has 2 aromatic heterocycles. The number of halogens is 6. The molecule has 1 aliphatic carbocycles. The first-order valence-corrected chi connectivity index (χ1v) is 11.5. The first-order chi connectivity index (χ1) is 18.2. The molecule has 1 fully saturated rings. The van der Waals surface area contributed by atoms with Crippen molar-refractivity contribution in [1.82, 2.24) is 19.4 Å². The van der Waals surface area contributed by atoms with Gasteiger partial charge in [-0.15, -0.1) is 0 Å². The summed E-state index contributed by atoms with van der Waals surface area (Å²) in [6, 6.07) is 6.28. The fourth-order valence-electron chi connectivity index (χ4n) is 3.97. The number of pyridine rings is 1. The van der Waals surface area contributed by atoms with Gasteiger partial charge in [0.15, 0.2) is 0 Å². The van der Waals surface area contributed by atoms with Crippen LogP contribution in [0.5, 0.6) is 5.88 Å². The van der Waals surface area contributed by atoms with Gasteiger partial charge in [0.2, 0.25) is 5.88 Å². The van der Waals surface area contributed by atoms with Crippen molar-refractivity contribution >= 4 is 11.9 Å². The van der Waals surface area contributed by atoms with Crippen molar-refractivity contribution < 1.29 is 50.9 Å². The molecule has 0 radical (unpaired) electrons. The zero-order valence-corrected chi connectivity index (χ0v) is 20.3. The molecule has 0 amide bonds. The van der Waals surface area contributed by atoms with E-state index >= 15 is 0 Å². The number of aliphatic carboxylic acids is 2. The van der Waals surface area contributed by atoms with Crippen LogP contribution in [0, 0.1) is 17.2 Å². The Morgan fingerprint density at radius 1 is 1.03 bits per heavy atom. The molecule has 2 aliphatic rings. The Labute approximate surface area is 218 Å². The van der Waals surface area contributed by atoms with Gasteiger partial charge in [-0.25, -0.2) is 19.6 Å². The molecule has 39 heavy (non-hydrogen) atoms. The van der Waals surface area contributed by atoms with Crippen molar-refractivity contribution in [3.05, 3.63) is 42.1 Å². The molecule has 0 spiro atoms. The SMILES string of the molecule is N#Cc1ccc(OCC2CN(C3CCCC3)Cc3cncn3C2)nc1.O=C(O)C(F)(F)F.O=C(O)C(F)(F)F. The predicted octanol–water partition coefficient (Wildman–Crippen LogP) is 3.87. The number of nitrogens with zero attached hydrogens (tertiary/aromatic N) is 5. The van der Waals surface area contributed by atoms with Gasteiger partial charge in [-0.2, -0.15) is 31.6 Å². The van der Waals surface area contributed by atoms with E-state index in [1.54, 1.807) is 18.3 Å². The van der Waals surface area contributed by atoms with Crippen LogP contribution in [0.15, 0.2) is 30.9 Å². The van der Waals surface area contributed by atoms with Crippen LogP contribution >= 0.6 is 0 Å². The van der Waals surface area contributed by atoms with Crippen LogP contribution < -0.4 is 4.74 Å². The Kier molecular flexibility index (Phi) is 11.1. The molecule has 0 bridgehead atoms. The summed E-state index contributed by atoms with van der Waals surface area (Å²) in [4.78, 5) is 29.0. The van der Waals surface area contributed by atoms with E-state index in [2.05, 4.69) is 25.5 Å². The molecule has 4 rings (SSSR count). The molecule has 214 valence electrons. The zero-order chi connectivity index (χ0) is 29.2. The lowest BCUT2D eigenvalue weighted by Crippen LogP contribution is -2.37. The third-order valence-corrected chi connectivity index (χ3v) is 5.77. The molecule has 2 aromatic rings. The van der Waals surface area contributed by atoms with Gasteiger partial charge in [-0.1, -0.05) is 12.8 Å². The number of ether oxygens (including phenoxy) is 1. The summed E-state index contributed by atoms with van der Waals surface area (Å²) in [7, 11) is 0. The second-order valence-corrected chi connectivity index (χ2v) is 8.68. The number of carboxylic acids is 2. The maximum absolute atomic E-state index is 10.6. The number of alkyl halides is 6. The van der Waals surface area contributed by atoms with Crippen molar-refractivity contribution in [1.29, 1.82) is 5.26 Å². The number of carboxylic acid groups (broad SMARTS) is 2. The number of fused-ring (bicyclic) bond motifs is 1. The van der Waals surface area contributed by atoms with Crippen molar-refractivity contribution in [2.75, 3.05) is 13.2 Å². The van der Waals surface area contributed by atoms with E-state index in [9.17, 15) is 26.3 Å². The van der Waals surface area contributed by atoms with Gasteiger partial charge < -0.3 is 19.5 Å². The molecule has 1 aliphatic heterocycles. The molecule has 16 heteroatoms. The lowest BCUT2D eigenvalue weighted by atomic mass is 10.1. The molecule has 0 saturated heterocycles. The third-order valence-electron chi connectivity index (χ3n) is 5.77. The predicted molar refractivity (Wildman–Crippen MR) is 120 cm³/mol. The fraction of sp³-hybridized carbons (Fsp3) is 0.522. The number of aromatic nitrogens is 3. The fourth-order valence-corrected chi connectivity index (χ4v) is 3.97. The number of hydrogen-bond donors (Lipinski definition) is 2. The molecule has 0 aromatic carbocycles. The van der Waals surface area contributed by atoms with E-state index in [4.69, 9.17) is 29.8 Å². The lowest BCUT2D eigenvalue weighted by molar-refractivity contribution is -0.193. The maximum atomic E-state index is 10.6. The minimum atomic E-state index is -5.08.